The summed E-state index contributed by atoms with van der Waals surface area (Å²) in [6, 6.07) is 9.52. The molecule has 0 radical (unpaired) electrons. The molecule has 1 aromatic heterocycles. The SMILES string of the molecule is CCN(CCCCn1ccc2cc(F)ccc21)C1COc2c(F)ccc(C(N)=O)c2C1. The minimum Gasteiger partial charge on any atom is -0.489 e. The number of hydrogen-bond donors (Lipinski definition) is 1. The number of nitrogens with two attached hydrogens (primary N) is 1. The zero-order valence-electron chi connectivity index (χ0n) is 17.6. The monoisotopic (exact) mass is 427 g/mol. The molecule has 1 aliphatic heterocycles. The maximum absolute atomic E-state index is 14.1. The van der Waals surface area contributed by atoms with Gasteiger partial charge in [-0.15, -0.1) is 0 Å². The molecule has 164 valence electrons. The number of unbranched alkanes of at least 4 members (excludes halogenated alkanes) is 1. The summed E-state index contributed by atoms with van der Waals surface area (Å²) >= 11 is 0. The Morgan fingerprint density at radius 2 is 2.06 bits per heavy atom. The highest BCUT2D eigenvalue weighted by atomic mass is 19.1. The molecule has 1 amide bonds. The number of carbonyl (C=O) groups is 1. The lowest BCUT2D eigenvalue weighted by atomic mass is 9.95. The fourth-order valence-corrected chi connectivity index (χ4v) is 4.46. The lowest BCUT2D eigenvalue weighted by Crippen LogP contribution is -2.44. The van der Waals surface area contributed by atoms with Crippen molar-refractivity contribution in [1.82, 2.24) is 9.47 Å². The molecule has 4 rings (SSSR count). The highest BCUT2D eigenvalue weighted by Gasteiger charge is 2.29. The van der Waals surface area contributed by atoms with E-state index in [2.05, 4.69) is 16.4 Å². The fourth-order valence-electron chi connectivity index (χ4n) is 4.46. The van der Waals surface area contributed by atoms with E-state index < -0.39 is 11.7 Å². The van der Waals surface area contributed by atoms with Crippen molar-refractivity contribution in [2.24, 2.45) is 5.73 Å². The summed E-state index contributed by atoms with van der Waals surface area (Å²) in [7, 11) is 0. The first-order chi connectivity index (χ1) is 15.0. The third-order valence-electron chi connectivity index (χ3n) is 6.09. The largest absolute Gasteiger partial charge is 0.489 e. The third-order valence-corrected chi connectivity index (χ3v) is 6.09. The molecular weight excluding hydrogens is 400 g/mol. The van der Waals surface area contributed by atoms with E-state index in [9.17, 15) is 13.6 Å². The van der Waals surface area contributed by atoms with Crippen molar-refractivity contribution in [3.8, 4) is 5.75 Å². The Hall–Kier alpha value is -2.93. The van der Waals surface area contributed by atoms with Crippen molar-refractivity contribution >= 4 is 16.8 Å². The Morgan fingerprint density at radius 3 is 2.84 bits per heavy atom. The number of aromatic nitrogens is 1. The second-order valence-corrected chi connectivity index (χ2v) is 7.98. The molecule has 2 heterocycles. The van der Waals surface area contributed by atoms with Gasteiger partial charge >= 0.3 is 0 Å². The molecule has 5 nitrogen and oxygen atoms in total. The quantitative estimate of drug-likeness (QED) is 0.550. The molecule has 0 fully saturated rings. The first kappa shape index (κ1) is 21.3. The first-order valence-corrected chi connectivity index (χ1v) is 10.7. The first-order valence-electron chi connectivity index (χ1n) is 10.7. The number of nitrogens with zero attached hydrogens (tertiary/aromatic N) is 2. The second-order valence-electron chi connectivity index (χ2n) is 7.98. The number of amides is 1. The summed E-state index contributed by atoms with van der Waals surface area (Å²) in [6.07, 6.45) is 4.48. The molecule has 0 aliphatic carbocycles. The topological polar surface area (TPSA) is 60.5 Å². The van der Waals surface area contributed by atoms with Crippen molar-refractivity contribution < 1.29 is 18.3 Å². The molecule has 1 unspecified atom stereocenters. The Bertz CT molecular complexity index is 1100. The molecular formula is C24H27F2N3O2. The van der Waals surface area contributed by atoms with Gasteiger partial charge < -0.3 is 15.0 Å². The van der Waals surface area contributed by atoms with Crippen LogP contribution in [0.4, 0.5) is 8.78 Å². The van der Waals surface area contributed by atoms with Crippen LogP contribution < -0.4 is 10.5 Å². The average Bonchev–Trinajstić information content (AvgIpc) is 3.15. The van der Waals surface area contributed by atoms with Gasteiger partial charge in [-0.3, -0.25) is 9.69 Å². The Kier molecular flexibility index (Phi) is 6.23. The van der Waals surface area contributed by atoms with E-state index in [-0.39, 0.29) is 17.6 Å². The van der Waals surface area contributed by atoms with Gasteiger partial charge in [-0.1, -0.05) is 6.92 Å². The maximum atomic E-state index is 14.1. The van der Waals surface area contributed by atoms with Crippen LogP contribution in [0.15, 0.2) is 42.6 Å². The summed E-state index contributed by atoms with van der Waals surface area (Å²) in [5.74, 6) is -1.10. The van der Waals surface area contributed by atoms with Crippen LogP contribution in [-0.2, 0) is 13.0 Å². The van der Waals surface area contributed by atoms with E-state index in [4.69, 9.17) is 10.5 Å². The Morgan fingerprint density at radius 1 is 1.23 bits per heavy atom. The highest BCUT2D eigenvalue weighted by molar-refractivity contribution is 5.95. The summed E-state index contributed by atoms with van der Waals surface area (Å²) in [5, 5.41) is 0.908. The van der Waals surface area contributed by atoms with E-state index >= 15 is 0 Å². The van der Waals surface area contributed by atoms with E-state index in [0.29, 0.717) is 24.2 Å². The molecule has 0 saturated heterocycles. The summed E-state index contributed by atoms with van der Waals surface area (Å²) in [4.78, 5) is 14.1. The van der Waals surface area contributed by atoms with Gasteiger partial charge in [0.1, 0.15) is 12.4 Å². The fraction of sp³-hybridized carbons (Fsp3) is 0.375. The van der Waals surface area contributed by atoms with Crippen molar-refractivity contribution in [1.29, 1.82) is 0 Å². The third kappa shape index (κ3) is 4.42. The highest BCUT2D eigenvalue weighted by Crippen LogP contribution is 2.32. The molecule has 2 aromatic carbocycles. The zero-order chi connectivity index (χ0) is 22.0. The van der Waals surface area contributed by atoms with E-state index in [1.54, 1.807) is 6.07 Å². The molecule has 0 saturated carbocycles. The number of benzene rings is 2. The van der Waals surface area contributed by atoms with E-state index in [0.717, 1.165) is 43.4 Å². The lowest BCUT2D eigenvalue weighted by Gasteiger charge is -2.35. The van der Waals surface area contributed by atoms with Crippen LogP contribution in [0.5, 0.6) is 5.75 Å². The van der Waals surface area contributed by atoms with Crippen molar-refractivity contribution in [3.05, 3.63) is 65.4 Å². The van der Waals surface area contributed by atoms with Gasteiger partial charge in [0.15, 0.2) is 11.6 Å². The van der Waals surface area contributed by atoms with Crippen LogP contribution >= 0.6 is 0 Å². The minimum atomic E-state index is -0.567. The minimum absolute atomic E-state index is 0.0628. The molecule has 2 N–H and O–H groups in total. The van der Waals surface area contributed by atoms with Gasteiger partial charge in [0, 0.05) is 40.8 Å². The van der Waals surface area contributed by atoms with Crippen LogP contribution in [-0.4, -0.2) is 41.1 Å². The summed E-state index contributed by atoms with van der Waals surface area (Å²) < 4.78 is 35.3. The van der Waals surface area contributed by atoms with Gasteiger partial charge in [0.2, 0.25) is 5.91 Å². The molecule has 31 heavy (non-hydrogen) atoms. The molecule has 0 spiro atoms. The van der Waals surface area contributed by atoms with Crippen molar-refractivity contribution in [3.63, 3.8) is 0 Å². The lowest BCUT2D eigenvalue weighted by molar-refractivity contribution is 0.0987. The predicted molar refractivity (Wildman–Crippen MR) is 116 cm³/mol. The van der Waals surface area contributed by atoms with Crippen LogP contribution in [0, 0.1) is 11.6 Å². The number of ether oxygens (including phenoxy) is 1. The number of primary amides is 1. The van der Waals surface area contributed by atoms with Crippen molar-refractivity contribution in [2.45, 2.75) is 38.8 Å². The van der Waals surface area contributed by atoms with E-state index in [1.807, 2.05) is 18.3 Å². The van der Waals surface area contributed by atoms with Crippen LogP contribution in [0.2, 0.25) is 0 Å². The maximum Gasteiger partial charge on any atom is 0.249 e. The molecule has 0 bridgehead atoms. The Labute approximate surface area is 180 Å². The molecule has 3 aromatic rings. The summed E-state index contributed by atoms with van der Waals surface area (Å²) in [6.45, 7) is 5.02. The smallest absolute Gasteiger partial charge is 0.249 e. The summed E-state index contributed by atoms with van der Waals surface area (Å²) in [5.41, 5.74) is 7.41. The van der Waals surface area contributed by atoms with Gasteiger partial charge in [-0.25, -0.2) is 8.78 Å². The number of aryl methyl sites for hydroxylation is 1. The number of halogens is 2. The number of carbonyl (C=O) groups excluding carboxylic acids is 1. The Balaban J connectivity index is 1.37. The second kappa shape index (κ2) is 9.06. The molecule has 7 heteroatoms. The predicted octanol–water partition coefficient (Wildman–Crippen LogP) is 4.12. The molecule has 1 aliphatic rings. The van der Waals surface area contributed by atoms with Gasteiger partial charge in [-0.2, -0.15) is 0 Å². The van der Waals surface area contributed by atoms with E-state index in [1.165, 1.54) is 18.2 Å². The normalized spacial score (nSPS) is 15.8. The van der Waals surface area contributed by atoms with Gasteiger partial charge in [-0.05, 0) is 68.8 Å². The molecule has 1 atom stereocenters. The number of hydrogen-bond acceptors (Lipinski definition) is 3. The number of fused-ring (bicyclic) bond motifs is 2. The van der Waals surface area contributed by atoms with Crippen LogP contribution in [0.3, 0.4) is 0 Å². The zero-order valence-corrected chi connectivity index (χ0v) is 17.6. The number of rotatable bonds is 8. The van der Waals surface area contributed by atoms with Gasteiger partial charge in [0.25, 0.3) is 0 Å². The van der Waals surface area contributed by atoms with Crippen LogP contribution in [0.1, 0.15) is 35.7 Å². The van der Waals surface area contributed by atoms with Crippen molar-refractivity contribution in [2.75, 3.05) is 19.7 Å². The average molecular weight is 427 g/mol. The number of likely N-dealkylation sites (N-methyl/N-ethyl adjacent to an activating group) is 1. The standard InChI is InChI=1S/C24H27F2N3O2/c1-2-28(10-3-4-11-29-12-9-16-13-17(25)5-8-22(16)29)18-14-20-19(24(27)30)6-7-21(26)23(20)31-15-18/h5-9,12-13,18H,2-4,10-11,14-15H2,1H3,(H2,27,30). The van der Waals surface area contributed by atoms with Crippen LogP contribution in [0.25, 0.3) is 10.9 Å². The van der Waals surface area contributed by atoms with Gasteiger partial charge in [0.05, 0.1) is 0 Å².